The largest absolute Gasteiger partial charge is 0.496 e. The van der Waals surface area contributed by atoms with Crippen molar-refractivity contribution in [1.82, 2.24) is 9.88 Å². The van der Waals surface area contributed by atoms with E-state index in [9.17, 15) is 14.7 Å². The minimum Gasteiger partial charge on any atom is -0.496 e. The first-order valence-electron chi connectivity index (χ1n) is 8.65. The van der Waals surface area contributed by atoms with Crippen molar-refractivity contribution in [2.75, 3.05) is 27.3 Å². The molecule has 7 nitrogen and oxygen atoms in total. The molecule has 0 bridgehead atoms. The molecule has 27 heavy (non-hydrogen) atoms. The maximum absolute atomic E-state index is 12.9. The fraction of sp³-hybridized carbons (Fsp3) is 0.350. The van der Waals surface area contributed by atoms with Crippen LogP contribution < -0.4 is 4.74 Å². The summed E-state index contributed by atoms with van der Waals surface area (Å²) in [6, 6.07) is 12.5. The second kappa shape index (κ2) is 8.18. The zero-order chi connectivity index (χ0) is 19.4. The molecule has 1 aromatic heterocycles. The van der Waals surface area contributed by atoms with Crippen LogP contribution in [0.2, 0.25) is 0 Å². The lowest BCUT2D eigenvalue weighted by Crippen LogP contribution is -2.30. The Morgan fingerprint density at radius 1 is 1.15 bits per heavy atom. The van der Waals surface area contributed by atoms with Crippen molar-refractivity contribution < 1.29 is 24.2 Å². The first-order chi connectivity index (χ1) is 13.0. The fourth-order valence-electron chi connectivity index (χ4n) is 3.50. The molecule has 2 aromatic rings. The van der Waals surface area contributed by atoms with E-state index in [2.05, 4.69) is 4.98 Å². The molecule has 7 heteroatoms. The van der Waals surface area contributed by atoms with Crippen LogP contribution in [-0.2, 0) is 16.1 Å². The fourth-order valence-corrected chi connectivity index (χ4v) is 3.50. The Labute approximate surface area is 157 Å². The van der Waals surface area contributed by atoms with Crippen molar-refractivity contribution in [2.24, 2.45) is 5.92 Å². The highest BCUT2D eigenvalue weighted by Crippen LogP contribution is 2.38. The number of benzene rings is 1. The van der Waals surface area contributed by atoms with Gasteiger partial charge in [0.15, 0.2) is 0 Å². The van der Waals surface area contributed by atoms with Gasteiger partial charge in [0, 0.05) is 26.1 Å². The van der Waals surface area contributed by atoms with Crippen LogP contribution in [0.5, 0.6) is 5.75 Å². The number of likely N-dealkylation sites (tertiary alicyclic amines) is 1. The van der Waals surface area contributed by atoms with Crippen LogP contribution in [0.1, 0.15) is 27.7 Å². The molecule has 142 valence electrons. The Kier molecular flexibility index (Phi) is 5.71. The van der Waals surface area contributed by atoms with E-state index in [1.54, 1.807) is 43.4 Å². The number of aromatic nitrogens is 1. The van der Waals surface area contributed by atoms with Gasteiger partial charge in [0.25, 0.3) is 5.91 Å². The van der Waals surface area contributed by atoms with Gasteiger partial charge in [-0.2, -0.15) is 0 Å². The van der Waals surface area contributed by atoms with Crippen LogP contribution in [0.4, 0.5) is 0 Å². The Morgan fingerprint density at radius 2 is 1.93 bits per heavy atom. The molecule has 0 radical (unpaired) electrons. The molecule has 1 fully saturated rings. The first kappa shape index (κ1) is 18.8. The Morgan fingerprint density at radius 3 is 2.63 bits per heavy atom. The normalized spacial score (nSPS) is 19.1. The quantitative estimate of drug-likeness (QED) is 0.838. The molecular weight excluding hydrogens is 348 g/mol. The Hall–Kier alpha value is -2.93. The predicted octanol–water partition coefficient (Wildman–Crippen LogP) is 2.18. The first-order valence-corrected chi connectivity index (χ1v) is 8.65. The number of hydrogen-bond donors (Lipinski definition) is 1. The van der Waals surface area contributed by atoms with Gasteiger partial charge in [0.2, 0.25) is 0 Å². The molecule has 1 saturated heterocycles. The molecule has 0 aliphatic carbocycles. The lowest BCUT2D eigenvalue weighted by Gasteiger charge is -2.18. The van der Waals surface area contributed by atoms with E-state index >= 15 is 0 Å². The summed E-state index contributed by atoms with van der Waals surface area (Å²) < 4.78 is 10.4. The van der Waals surface area contributed by atoms with Gasteiger partial charge in [0.05, 0.1) is 25.3 Å². The van der Waals surface area contributed by atoms with Gasteiger partial charge in [0.1, 0.15) is 11.4 Å². The average molecular weight is 370 g/mol. The minimum absolute atomic E-state index is 0.132. The van der Waals surface area contributed by atoms with E-state index in [-0.39, 0.29) is 24.1 Å². The van der Waals surface area contributed by atoms with Crippen molar-refractivity contribution in [2.45, 2.75) is 12.5 Å². The van der Waals surface area contributed by atoms with Gasteiger partial charge in [-0.3, -0.25) is 9.59 Å². The molecule has 1 amide bonds. The van der Waals surface area contributed by atoms with Gasteiger partial charge >= 0.3 is 5.97 Å². The molecular formula is C20H22N2O5. The monoisotopic (exact) mass is 370 g/mol. The van der Waals surface area contributed by atoms with Crippen LogP contribution in [0.3, 0.4) is 0 Å². The predicted molar refractivity (Wildman–Crippen MR) is 97.7 cm³/mol. The number of nitrogens with zero attached hydrogens (tertiary/aromatic N) is 2. The lowest BCUT2D eigenvalue weighted by atomic mass is 9.88. The molecule has 2 atom stereocenters. The van der Waals surface area contributed by atoms with E-state index in [1.807, 2.05) is 18.2 Å². The van der Waals surface area contributed by atoms with Crippen molar-refractivity contribution in [3.8, 4) is 5.75 Å². The number of pyridine rings is 1. The van der Waals surface area contributed by atoms with Gasteiger partial charge in [-0.05, 0) is 23.8 Å². The molecule has 1 aliphatic rings. The number of rotatable bonds is 6. The number of carboxylic acids is 1. The molecule has 0 saturated carbocycles. The molecule has 1 aromatic carbocycles. The summed E-state index contributed by atoms with van der Waals surface area (Å²) in [5.41, 5.74) is 1.73. The highest BCUT2D eigenvalue weighted by Gasteiger charge is 2.42. The van der Waals surface area contributed by atoms with Crippen LogP contribution in [0, 0.1) is 5.92 Å². The second-order valence-corrected chi connectivity index (χ2v) is 6.45. The topological polar surface area (TPSA) is 89.0 Å². The van der Waals surface area contributed by atoms with Crippen LogP contribution in [0.15, 0.2) is 42.5 Å². The third kappa shape index (κ3) is 3.93. The van der Waals surface area contributed by atoms with Gasteiger partial charge < -0.3 is 19.5 Å². The van der Waals surface area contributed by atoms with E-state index in [1.165, 1.54) is 0 Å². The number of aliphatic carboxylic acids is 1. The zero-order valence-electron chi connectivity index (χ0n) is 15.3. The van der Waals surface area contributed by atoms with Gasteiger partial charge in [-0.1, -0.05) is 24.3 Å². The van der Waals surface area contributed by atoms with Gasteiger partial charge in [-0.25, -0.2) is 4.98 Å². The van der Waals surface area contributed by atoms with E-state index in [4.69, 9.17) is 9.47 Å². The maximum Gasteiger partial charge on any atom is 0.308 e. The third-order valence-electron chi connectivity index (χ3n) is 4.78. The van der Waals surface area contributed by atoms with Crippen LogP contribution in [-0.4, -0.2) is 54.2 Å². The summed E-state index contributed by atoms with van der Waals surface area (Å²) in [7, 11) is 3.11. The average Bonchev–Trinajstić information content (AvgIpc) is 3.13. The number of carbonyl (C=O) groups is 2. The molecule has 1 aliphatic heterocycles. The SMILES string of the molecule is COCc1cccc(C(=O)N2C[C@@H](C(=O)O)[C@H](c3ccccc3OC)C2)n1. The van der Waals surface area contributed by atoms with Gasteiger partial charge in [-0.15, -0.1) is 0 Å². The van der Waals surface area contributed by atoms with Crippen LogP contribution in [0.25, 0.3) is 0 Å². The highest BCUT2D eigenvalue weighted by atomic mass is 16.5. The number of carbonyl (C=O) groups excluding carboxylic acids is 1. The van der Waals surface area contributed by atoms with Crippen molar-refractivity contribution in [1.29, 1.82) is 0 Å². The van der Waals surface area contributed by atoms with Crippen molar-refractivity contribution in [3.05, 3.63) is 59.4 Å². The lowest BCUT2D eigenvalue weighted by molar-refractivity contribution is -0.141. The van der Waals surface area contributed by atoms with E-state index in [0.717, 1.165) is 5.56 Å². The number of para-hydroxylation sites is 1. The van der Waals surface area contributed by atoms with Crippen molar-refractivity contribution >= 4 is 11.9 Å². The van der Waals surface area contributed by atoms with Crippen molar-refractivity contribution in [3.63, 3.8) is 0 Å². The highest BCUT2D eigenvalue weighted by molar-refractivity contribution is 5.93. The molecule has 0 unspecified atom stereocenters. The third-order valence-corrected chi connectivity index (χ3v) is 4.78. The number of methoxy groups -OCH3 is 2. The summed E-state index contributed by atoms with van der Waals surface area (Å²) in [6.07, 6.45) is 0. The zero-order valence-corrected chi connectivity index (χ0v) is 15.3. The summed E-state index contributed by atoms with van der Waals surface area (Å²) in [5.74, 6) is -1.63. The summed E-state index contributed by atoms with van der Waals surface area (Å²) in [5, 5.41) is 9.68. The summed E-state index contributed by atoms with van der Waals surface area (Å²) in [4.78, 5) is 30.6. The standard InChI is InChI=1S/C20H22N2O5/c1-26-12-13-6-5-8-17(21-13)19(23)22-10-15(16(11-22)20(24)25)14-7-3-4-9-18(14)27-2/h3-9,15-16H,10-12H2,1-2H3,(H,24,25)/t15-,16+/m0/s1. The second-order valence-electron chi connectivity index (χ2n) is 6.45. The molecule has 1 N–H and O–H groups in total. The number of hydrogen-bond acceptors (Lipinski definition) is 5. The Bertz CT molecular complexity index is 839. The van der Waals surface area contributed by atoms with Crippen LogP contribution >= 0.6 is 0 Å². The molecule has 2 heterocycles. The molecule has 0 spiro atoms. The maximum atomic E-state index is 12.9. The molecule has 3 rings (SSSR count). The smallest absolute Gasteiger partial charge is 0.308 e. The number of ether oxygens (including phenoxy) is 2. The van der Waals surface area contributed by atoms with E-state index in [0.29, 0.717) is 24.6 Å². The van der Waals surface area contributed by atoms with E-state index < -0.39 is 11.9 Å². The summed E-state index contributed by atoms with van der Waals surface area (Å²) >= 11 is 0. The number of carboxylic acid groups (broad SMARTS) is 1. The summed E-state index contributed by atoms with van der Waals surface area (Å²) in [6.45, 7) is 0.738. The Balaban J connectivity index is 1.87. The number of amides is 1. The minimum atomic E-state index is -0.928.